The molecule has 128 valence electrons. The number of imidazole rings is 1. The zero-order valence-electron chi connectivity index (χ0n) is 14.1. The smallest absolute Gasteiger partial charge is 0.409 e. The predicted molar refractivity (Wildman–Crippen MR) is 90.6 cm³/mol. The second kappa shape index (κ2) is 7.33. The minimum Gasteiger partial charge on any atom is -0.494 e. The standard InChI is InChI=1S/C17H22N4O3/c1-3-23-13-5-7-14-15(8-6-13)19-16(18-14)20-9-11-21(12-10-20)17(22)24-4-2/h5-8H,3-4,9-12H2,1-2H3. The van der Waals surface area contributed by atoms with Gasteiger partial charge in [0.1, 0.15) is 5.75 Å². The third-order valence-corrected chi connectivity index (χ3v) is 3.91. The van der Waals surface area contributed by atoms with Crippen LogP contribution < -0.4 is 9.64 Å². The van der Waals surface area contributed by atoms with Crippen molar-refractivity contribution < 1.29 is 14.3 Å². The lowest BCUT2D eigenvalue weighted by Gasteiger charge is -2.33. The quantitative estimate of drug-likeness (QED) is 0.856. The van der Waals surface area contributed by atoms with Gasteiger partial charge in [-0.15, -0.1) is 0 Å². The largest absolute Gasteiger partial charge is 0.494 e. The number of ether oxygens (including phenoxy) is 2. The number of amides is 1. The van der Waals surface area contributed by atoms with Crippen molar-refractivity contribution in [3.8, 4) is 17.1 Å². The molecule has 0 saturated carbocycles. The predicted octanol–water partition coefficient (Wildman–Crippen LogP) is 2.26. The van der Waals surface area contributed by atoms with Gasteiger partial charge in [-0.05, 0) is 38.1 Å². The average Bonchev–Trinajstić information content (AvgIpc) is 2.92. The average molecular weight is 330 g/mol. The van der Waals surface area contributed by atoms with Crippen molar-refractivity contribution in [2.24, 2.45) is 0 Å². The maximum Gasteiger partial charge on any atom is 0.409 e. The lowest BCUT2D eigenvalue weighted by atomic mass is 10.3. The fourth-order valence-corrected chi connectivity index (χ4v) is 2.69. The van der Waals surface area contributed by atoms with Crippen molar-refractivity contribution in [2.75, 3.05) is 44.3 Å². The van der Waals surface area contributed by atoms with E-state index in [0.29, 0.717) is 45.3 Å². The van der Waals surface area contributed by atoms with Gasteiger partial charge < -0.3 is 19.3 Å². The van der Waals surface area contributed by atoms with Crippen LogP contribution in [0.4, 0.5) is 10.7 Å². The van der Waals surface area contributed by atoms with E-state index in [1.807, 2.05) is 38.1 Å². The van der Waals surface area contributed by atoms with Crippen LogP contribution in [-0.2, 0) is 4.74 Å². The van der Waals surface area contributed by atoms with Crippen molar-refractivity contribution in [1.82, 2.24) is 14.9 Å². The lowest BCUT2D eigenvalue weighted by molar-refractivity contribution is 0.105. The molecule has 0 unspecified atom stereocenters. The van der Waals surface area contributed by atoms with Crippen LogP contribution in [0.5, 0.6) is 5.75 Å². The molecule has 3 aliphatic rings. The van der Waals surface area contributed by atoms with Crippen LogP contribution in [0.1, 0.15) is 13.8 Å². The summed E-state index contributed by atoms with van der Waals surface area (Å²) in [5, 5.41) is 0. The molecule has 2 heterocycles. The van der Waals surface area contributed by atoms with Gasteiger partial charge in [-0.1, -0.05) is 0 Å². The Balaban J connectivity index is 1.69. The Kier molecular flexibility index (Phi) is 4.98. The fourth-order valence-electron chi connectivity index (χ4n) is 2.69. The van der Waals surface area contributed by atoms with E-state index >= 15 is 0 Å². The van der Waals surface area contributed by atoms with E-state index in [0.717, 1.165) is 17.1 Å². The number of fused-ring (bicyclic) bond motifs is 1. The summed E-state index contributed by atoms with van der Waals surface area (Å²) in [5.41, 5.74) is 1.67. The molecule has 0 aromatic carbocycles. The van der Waals surface area contributed by atoms with Crippen LogP contribution in [0, 0.1) is 0 Å². The third kappa shape index (κ3) is 3.50. The molecule has 7 nitrogen and oxygen atoms in total. The first-order valence-electron chi connectivity index (χ1n) is 8.28. The summed E-state index contributed by atoms with van der Waals surface area (Å²) in [5.74, 6) is 1.51. The topological polar surface area (TPSA) is 67.8 Å². The zero-order chi connectivity index (χ0) is 16.9. The third-order valence-electron chi connectivity index (χ3n) is 3.91. The highest BCUT2D eigenvalue weighted by atomic mass is 16.6. The number of anilines is 1. The van der Waals surface area contributed by atoms with Gasteiger partial charge in [-0.25, -0.2) is 14.8 Å². The number of carbonyl (C=O) groups excluding carboxylic acids is 1. The Morgan fingerprint density at radius 2 is 1.62 bits per heavy atom. The molecule has 1 fully saturated rings. The SMILES string of the molecule is CCOC(=O)N1CCN(c2nc3ccc(OCC)ccc-3n2)CC1. The first-order chi connectivity index (χ1) is 11.7. The van der Waals surface area contributed by atoms with Crippen LogP contribution in [0.15, 0.2) is 24.3 Å². The molecule has 1 aliphatic carbocycles. The molecule has 24 heavy (non-hydrogen) atoms. The number of piperazine rings is 1. The summed E-state index contributed by atoms with van der Waals surface area (Å²) in [7, 11) is 0. The molecule has 1 saturated heterocycles. The van der Waals surface area contributed by atoms with Gasteiger partial charge in [0.2, 0.25) is 5.95 Å². The molecule has 0 aromatic heterocycles. The molecule has 0 spiro atoms. The number of rotatable bonds is 4. The lowest BCUT2D eigenvalue weighted by Crippen LogP contribution is -2.49. The molecule has 2 aliphatic heterocycles. The van der Waals surface area contributed by atoms with E-state index in [1.165, 1.54) is 0 Å². The molecule has 0 atom stereocenters. The van der Waals surface area contributed by atoms with E-state index in [1.54, 1.807) is 4.90 Å². The van der Waals surface area contributed by atoms with Crippen LogP contribution in [0.2, 0.25) is 0 Å². The highest BCUT2D eigenvalue weighted by molar-refractivity contribution is 5.68. The molecule has 7 heteroatoms. The summed E-state index contributed by atoms with van der Waals surface area (Å²) in [6.07, 6.45) is -0.249. The number of aromatic nitrogens is 2. The molecule has 0 radical (unpaired) electrons. The molecular formula is C17H22N4O3. The molecule has 0 N–H and O–H groups in total. The number of carbonyl (C=O) groups is 1. The van der Waals surface area contributed by atoms with Gasteiger partial charge in [-0.2, -0.15) is 0 Å². The summed E-state index contributed by atoms with van der Waals surface area (Å²) in [6, 6.07) is 7.66. The van der Waals surface area contributed by atoms with Crippen molar-refractivity contribution in [3.63, 3.8) is 0 Å². The van der Waals surface area contributed by atoms with Gasteiger partial charge >= 0.3 is 6.09 Å². The summed E-state index contributed by atoms with van der Waals surface area (Å²) in [6.45, 7) is 7.43. The summed E-state index contributed by atoms with van der Waals surface area (Å²) >= 11 is 0. The van der Waals surface area contributed by atoms with Crippen molar-refractivity contribution in [1.29, 1.82) is 0 Å². The molecule has 0 bridgehead atoms. The van der Waals surface area contributed by atoms with Gasteiger partial charge in [0.05, 0.1) is 24.6 Å². The summed E-state index contributed by atoms with van der Waals surface area (Å²) < 4.78 is 10.5. The van der Waals surface area contributed by atoms with Gasteiger partial charge in [0.15, 0.2) is 0 Å². The van der Waals surface area contributed by atoms with E-state index in [9.17, 15) is 4.79 Å². The van der Waals surface area contributed by atoms with E-state index in [-0.39, 0.29) is 6.09 Å². The van der Waals surface area contributed by atoms with Crippen LogP contribution in [0.25, 0.3) is 11.4 Å². The van der Waals surface area contributed by atoms with Gasteiger partial charge in [0, 0.05) is 26.2 Å². The Morgan fingerprint density at radius 1 is 1.00 bits per heavy atom. The summed E-state index contributed by atoms with van der Waals surface area (Å²) in [4.78, 5) is 24.8. The van der Waals surface area contributed by atoms with Gasteiger partial charge in [-0.3, -0.25) is 0 Å². The number of hydrogen-bond acceptors (Lipinski definition) is 6. The molecule has 0 aromatic rings. The second-order valence-electron chi connectivity index (χ2n) is 5.47. The van der Waals surface area contributed by atoms with E-state index in [2.05, 4.69) is 14.9 Å². The Hall–Kier alpha value is -2.57. The van der Waals surface area contributed by atoms with Crippen molar-refractivity contribution in [3.05, 3.63) is 24.3 Å². The first kappa shape index (κ1) is 16.3. The monoisotopic (exact) mass is 330 g/mol. The van der Waals surface area contributed by atoms with E-state index < -0.39 is 0 Å². The maximum atomic E-state index is 11.7. The first-order valence-corrected chi connectivity index (χ1v) is 8.28. The minimum absolute atomic E-state index is 0.249. The fraction of sp³-hybridized carbons (Fsp3) is 0.471. The molecule has 1 amide bonds. The van der Waals surface area contributed by atoms with Gasteiger partial charge in [0.25, 0.3) is 0 Å². The van der Waals surface area contributed by atoms with Crippen LogP contribution in [-0.4, -0.2) is 60.4 Å². The zero-order valence-corrected chi connectivity index (χ0v) is 14.1. The van der Waals surface area contributed by atoms with E-state index in [4.69, 9.17) is 9.47 Å². The van der Waals surface area contributed by atoms with Crippen molar-refractivity contribution in [2.45, 2.75) is 13.8 Å². The number of hydrogen-bond donors (Lipinski definition) is 0. The molecule has 3 rings (SSSR count). The van der Waals surface area contributed by atoms with Crippen molar-refractivity contribution >= 4 is 12.0 Å². The highest BCUT2D eigenvalue weighted by Gasteiger charge is 2.24. The van der Waals surface area contributed by atoms with Crippen LogP contribution >= 0.6 is 0 Å². The highest BCUT2D eigenvalue weighted by Crippen LogP contribution is 2.25. The van der Waals surface area contributed by atoms with Crippen LogP contribution in [0.3, 0.4) is 0 Å². The minimum atomic E-state index is -0.249. The Morgan fingerprint density at radius 3 is 2.17 bits per heavy atom. The Bertz CT molecular complexity index is 637. The Labute approximate surface area is 141 Å². The number of nitrogens with zero attached hydrogens (tertiary/aromatic N) is 4. The molecular weight excluding hydrogens is 308 g/mol. The second-order valence-corrected chi connectivity index (χ2v) is 5.47. The maximum absolute atomic E-state index is 11.7. The normalized spacial score (nSPS) is 14.8.